The molecule has 1 fully saturated rings. The summed E-state index contributed by atoms with van der Waals surface area (Å²) in [7, 11) is 0. The summed E-state index contributed by atoms with van der Waals surface area (Å²) in [6, 6.07) is 1.05. The Morgan fingerprint density at radius 2 is 1.94 bits per heavy atom. The summed E-state index contributed by atoms with van der Waals surface area (Å²) in [4.78, 5) is 2.55. The van der Waals surface area contributed by atoms with E-state index in [-0.39, 0.29) is 0 Å². The maximum absolute atomic E-state index is 8.66. The van der Waals surface area contributed by atoms with E-state index < -0.39 is 0 Å². The summed E-state index contributed by atoms with van der Waals surface area (Å²) in [6.07, 6.45) is 5.94. The highest BCUT2D eigenvalue weighted by atomic mass is 16.4. The number of amidine groups is 1. The van der Waals surface area contributed by atoms with E-state index in [9.17, 15) is 0 Å². The average Bonchev–Trinajstić information content (AvgIpc) is 2.78. The molecule has 0 aromatic rings. The molecule has 0 aromatic carbocycles. The molecule has 100 valence electrons. The lowest BCUT2D eigenvalue weighted by atomic mass is 10.1. The number of nitrogens with two attached hydrogens (primary N) is 1. The van der Waals surface area contributed by atoms with Crippen molar-refractivity contribution < 1.29 is 5.21 Å². The molecule has 0 aromatic heterocycles. The third kappa shape index (κ3) is 4.54. The maximum atomic E-state index is 8.66. The number of hydrogen-bond donors (Lipinski definition) is 2. The Kier molecular flexibility index (Phi) is 5.75. The molecular weight excluding hydrogens is 214 g/mol. The third-order valence-corrected chi connectivity index (χ3v) is 3.57. The van der Waals surface area contributed by atoms with Crippen LogP contribution in [0.4, 0.5) is 0 Å². The van der Waals surface area contributed by atoms with E-state index in [0.717, 1.165) is 6.54 Å². The molecule has 0 amide bonds. The SMILES string of the molecule is CC(C)CN(C(C)CC(N)=NO)C1CCCC1. The van der Waals surface area contributed by atoms with Crippen molar-refractivity contribution >= 4 is 5.84 Å². The molecule has 3 N–H and O–H groups in total. The first kappa shape index (κ1) is 14.3. The molecule has 1 unspecified atom stereocenters. The first-order valence-corrected chi connectivity index (χ1v) is 6.76. The third-order valence-electron chi connectivity index (χ3n) is 3.57. The Balaban J connectivity index is 2.60. The summed E-state index contributed by atoms with van der Waals surface area (Å²) in [5.74, 6) is 0.995. The fourth-order valence-electron chi connectivity index (χ4n) is 2.81. The number of nitrogens with zero attached hydrogens (tertiary/aromatic N) is 2. The standard InChI is InChI=1S/C13H27N3O/c1-10(2)9-16(12-6-4-5-7-12)11(3)8-13(14)15-17/h10-12,17H,4-9H2,1-3H3,(H2,14,15). The van der Waals surface area contributed by atoms with Crippen molar-refractivity contribution in [3.05, 3.63) is 0 Å². The van der Waals surface area contributed by atoms with Crippen molar-refractivity contribution in [3.63, 3.8) is 0 Å². The van der Waals surface area contributed by atoms with Crippen molar-refractivity contribution in [1.29, 1.82) is 0 Å². The van der Waals surface area contributed by atoms with Crippen LogP contribution in [0.15, 0.2) is 5.16 Å². The molecule has 1 aliphatic carbocycles. The number of rotatable bonds is 6. The summed E-state index contributed by atoms with van der Waals surface area (Å²) in [5.41, 5.74) is 5.61. The largest absolute Gasteiger partial charge is 0.409 e. The van der Waals surface area contributed by atoms with E-state index in [4.69, 9.17) is 10.9 Å². The lowest BCUT2D eigenvalue weighted by Gasteiger charge is -2.35. The van der Waals surface area contributed by atoms with E-state index in [0.29, 0.717) is 30.3 Å². The molecular formula is C13H27N3O. The zero-order valence-electron chi connectivity index (χ0n) is 11.4. The summed E-state index contributed by atoms with van der Waals surface area (Å²) in [5, 5.41) is 11.7. The van der Waals surface area contributed by atoms with Crippen LogP contribution in [0, 0.1) is 5.92 Å². The second kappa shape index (κ2) is 6.84. The maximum Gasteiger partial charge on any atom is 0.140 e. The fourth-order valence-corrected chi connectivity index (χ4v) is 2.81. The smallest absolute Gasteiger partial charge is 0.140 e. The summed E-state index contributed by atoms with van der Waals surface area (Å²) >= 11 is 0. The highest BCUT2D eigenvalue weighted by molar-refractivity contribution is 5.80. The molecule has 0 saturated heterocycles. The van der Waals surface area contributed by atoms with Crippen LogP contribution in [-0.4, -0.2) is 34.6 Å². The van der Waals surface area contributed by atoms with E-state index in [1.54, 1.807) is 0 Å². The molecule has 0 bridgehead atoms. The Morgan fingerprint density at radius 3 is 2.41 bits per heavy atom. The van der Waals surface area contributed by atoms with Crippen LogP contribution in [0.1, 0.15) is 52.9 Å². The van der Waals surface area contributed by atoms with Gasteiger partial charge in [0.15, 0.2) is 0 Å². The van der Waals surface area contributed by atoms with E-state index in [1.165, 1.54) is 25.7 Å². The van der Waals surface area contributed by atoms with Gasteiger partial charge in [0, 0.05) is 25.0 Å². The Labute approximate surface area is 105 Å². The molecule has 1 rings (SSSR count). The minimum absolute atomic E-state index is 0.337. The van der Waals surface area contributed by atoms with Gasteiger partial charge in [-0.1, -0.05) is 31.8 Å². The van der Waals surface area contributed by atoms with Gasteiger partial charge >= 0.3 is 0 Å². The molecule has 0 heterocycles. The Bertz CT molecular complexity index is 247. The van der Waals surface area contributed by atoms with Crippen LogP contribution in [0.25, 0.3) is 0 Å². The van der Waals surface area contributed by atoms with Gasteiger partial charge in [-0.3, -0.25) is 4.90 Å². The predicted octanol–water partition coefficient (Wildman–Crippen LogP) is 2.41. The van der Waals surface area contributed by atoms with Gasteiger partial charge < -0.3 is 10.9 Å². The highest BCUT2D eigenvalue weighted by Crippen LogP contribution is 2.26. The van der Waals surface area contributed by atoms with Gasteiger partial charge in [-0.05, 0) is 25.7 Å². The summed E-state index contributed by atoms with van der Waals surface area (Å²) in [6.45, 7) is 7.78. The van der Waals surface area contributed by atoms with Crippen molar-refractivity contribution in [1.82, 2.24) is 4.90 Å². The Morgan fingerprint density at radius 1 is 1.35 bits per heavy atom. The molecule has 0 aliphatic heterocycles. The first-order valence-electron chi connectivity index (χ1n) is 6.76. The van der Waals surface area contributed by atoms with Crippen molar-refractivity contribution in [2.75, 3.05) is 6.54 Å². The van der Waals surface area contributed by atoms with Gasteiger partial charge in [0.25, 0.3) is 0 Å². The monoisotopic (exact) mass is 241 g/mol. The van der Waals surface area contributed by atoms with Crippen molar-refractivity contribution in [2.45, 2.75) is 65.0 Å². The quantitative estimate of drug-likeness (QED) is 0.325. The highest BCUT2D eigenvalue weighted by Gasteiger charge is 2.27. The first-order chi connectivity index (χ1) is 8.04. The second-order valence-corrected chi connectivity index (χ2v) is 5.67. The number of oxime groups is 1. The Hall–Kier alpha value is -0.770. The summed E-state index contributed by atoms with van der Waals surface area (Å²) < 4.78 is 0. The minimum Gasteiger partial charge on any atom is -0.409 e. The van der Waals surface area contributed by atoms with E-state index in [2.05, 4.69) is 30.8 Å². The van der Waals surface area contributed by atoms with E-state index >= 15 is 0 Å². The van der Waals surface area contributed by atoms with Crippen LogP contribution in [0.3, 0.4) is 0 Å². The lowest BCUT2D eigenvalue weighted by molar-refractivity contribution is 0.130. The molecule has 0 spiro atoms. The van der Waals surface area contributed by atoms with Gasteiger partial charge in [0.1, 0.15) is 5.84 Å². The van der Waals surface area contributed by atoms with Crippen LogP contribution < -0.4 is 5.73 Å². The molecule has 1 atom stereocenters. The van der Waals surface area contributed by atoms with Crippen molar-refractivity contribution in [3.8, 4) is 0 Å². The van der Waals surface area contributed by atoms with Crippen LogP contribution >= 0.6 is 0 Å². The van der Waals surface area contributed by atoms with E-state index in [1.807, 2.05) is 0 Å². The normalized spacial score (nSPS) is 20.4. The molecule has 0 radical (unpaired) electrons. The molecule has 1 aliphatic rings. The predicted molar refractivity (Wildman–Crippen MR) is 71.3 cm³/mol. The van der Waals surface area contributed by atoms with Crippen LogP contribution in [-0.2, 0) is 0 Å². The average molecular weight is 241 g/mol. The zero-order valence-corrected chi connectivity index (χ0v) is 11.4. The molecule has 4 nitrogen and oxygen atoms in total. The number of hydrogen-bond acceptors (Lipinski definition) is 3. The van der Waals surface area contributed by atoms with Crippen LogP contribution in [0.5, 0.6) is 0 Å². The zero-order chi connectivity index (χ0) is 12.8. The van der Waals surface area contributed by atoms with Gasteiger partial charge in [0.05, 0.1) is 0 Å². The molecule has 1 saturated carbocycles. The lowest BCUT2D eigenvalue weighted by Crippen LogP contribution is -2.44. The molecule has 4 heteroatoms. The fraction of sp³-hybridized carbons (Fsp3) is 0.923. The molecule has 17 heavy (non-hydrogen) atoms. The topological polar surface area (TPSA) is 61.8 Å². The van der Waals surface area contributed by atoms with Crippen LogP contribution in [0.2, 0.25) is 0 Å². The second-order valence-electron chi connectivity index (χ2n) is 5.67. The van der Waals surface area contributed by atoms with Gasteiger partial charge in [0.2, 0.25) is 0 Å². The minimum atomic E-state index is 0.337. The van der Waals surface area contributed by atoms with Crippen molar-refractivity contribution in [2.24, 2.45) is 16.8 Å². The van der Waals surface area contributed by atoms with Gasteiger partial charge in [-0.15, -0.1) is 0 Å². The van der Waals surface area contributed by atoms with Gasteiger partial charge in [-0.25, -0.2) is 0 Å². The van der Waals surface area contributed by atoms with Gasteiger partial charge in [-0.2, -0.15) is 0 Å².